The topological polar surface area (TPSA) is 43.1 Å². The van der Waals surface area contributed by atoms with Gasteiger partial charge in [-0.2, -0.15) is 0 Å². The summed E-state index contributed by atoms with van der Waals surface area (Å²) in [4.78, 5) is 0. The van der Waals surface area contributed by atoms with Gasteiger partial charge in [0.25, 0.3) is 0 Å². The normalized spacial score (nSPS) is 16.3. The molecule has 0 aliphatic heterocycles. The second-order valence-corrected chi connectivity index (χ2v) is 7.71. The lowest BCUT2D eigenvalue weighted by molar-refractivity contribution is 0.684. The molecule has 2 N–H and O–H groups in total. The molecule has 0 radical (unpaired) electrons. The van der Waals surface area contributed by atoms with E-state index in [1.807, 2.05) is 6.92 Å². The molecule has 0 aliphatic rings. The van der Waals surface area contributed by atoms with Gasteiger partial charge in [0.05, 0.1) is 3.79 Å². The molecule has 0 aromatic carbocycles. The van der Waals surface area contributed by atoms with E-state index in [0.717, 1.165) is 9.35 Å². The monoisotopic (exact) mass is 271 g/mol. The summed E-state index contributed by atoms with van der Waals surface area (Å²) >= 11 is 9.25. The maximum Gasteiger partial charge on any atom is 0.126 e. The Morgan fingerprint density at radius 2 is 2.36 bits per heavy atom. The van der Waals surface area contributed by atoms with E-state index in [4.69, 9.17) is 5.14 Å². The van der Waals surface area contributed by atoms with Gasteiger partial charge in [-0.25, -0.2) is 9.35 Å². The van der Waals surface area contributed by atoms with Crippen molar-refractivity contribution in [2.45, 2.75) is 11.1 Å². The number of rotatable bonds is 1. The van der Waals surface area contributed by atoms with Gasteiger partial charge in [0.2, 0.25) is 0 Å². The van der Waals surface area contributed by atoms with Gasteiger partial charge in [-0.05, 0) is 34.5 Å². The van der Waals surface area contributed by atoms with Crippen molar-refractivity contribution in [1.82, 2.24) is 0 Å². The number of hydrogen-bond acceptors (Lipinski definition) is 3. The lowest BCUT2D eigenvalue weighted by Gasteiger charge is -1.91. The Bertz CT molecular complexity index is 348. The third kappa shape index (κ3) is 2.22. The summed E-state index contributed by atoms with van der Waals surface area (Å²) in [6.07, 6.45) is 0. The van der Waals surface area contributed by atoms with Crippen LogP contribution in [0.15, 0.2) is 14.1 Å². The molecule has 0 aliphatic carbocycles. The van der Waals surface area contributed by atoms with Crippen LogP contribution in [0.5, 0.6) is 0 Å². The molecule has 0 bridgehead atoms. The molecule has 0 saturated carbocycles. The summed E-state index contributed by atoms with van der Waals surface area (Å²) in [7, 11) is -2.68. The van der Waals surface area contributed by atoms with Crippen LogP contribution in [0, 0.1) is 6.92 Å². The van der Waals surface area contributed by atoms with Crippen LogP contribution < -0.4 is 5.14 Å². The fourth-order valence-electron chi connectivity index (χ4n) is 0.572. The standard InChI is InChI=1S/C5H6BrNOS3/c1-3-2-4(10-5(3)6)11(7,8)9/h2H,1H3,(H2,7,8,9). The van der Waals surface area contributed by atoms with Crippen molar-refractivity contribution in [1.29, 1.82) is 0 Å². The highest BCUT2D eigenvalue weighted by Crippen LogP contribution is 2.29. The minimum atomic E-state index is -2.68. The first-order valence-corrected chi connectivity index (χ1v) is 6.85. The van der Waals surface area contributed by atoms with E-state index in [-0.39, 0.29) is 0 Å². The molecule has 0 spiro atoms. The Hall–Kier alpha value is 0.510. The molecule has 0 saturated heterocycles. The Morgan fingerprint density at radius 3 is 2.55 bits per heavy atom. The SMILES string of the molecule is Cc1cc(S(N)(=O)=S)sc1Br. The van der Waals surface area contributed by atoms with Crippen LogP contribution >= 0.6 is 27.3 Å². The van der Waals surface area contributed by atoms with Crippen LogP contribution in [0.1, 0.15) is 5.56 Å². The highest BCUT2D eigenvalue weighted by atomic mass is 79.9. The quantitative estimate of drug-likeness (QED) is 0.847. The molecule has 1 rings (SSSR count). The molecule has 1 unspecified atom stereocenters. The molecule has 62 valence electrons. The maximum atomic E-state index is 11.1. The van der Waals surface area contributed by atoms with Crippen LogP contribution in [-0.4, -0.2) is 4.21 Å². The molecule has 0 fully saturated rings. The average molecular weight is 272 g/mol. The first-order valence-electron chi connectivity index (χ1n) is 2.70. The van der Waals surface area contributed by atoms with Gasteiger partial charge >= 0.3 is 0 Å². The van der Waals surface area contributed by atoms with Gasteiger partial charge in [-0.3, -0.25) is 0 Å². The number of aryl methyl sites for hydroxylation is 1. The average Bonchev–Trinajstić information content (AvgIpc) is 2.11. The third-order valence-electron chi connectivity index (χ3n) is 1.12. The van der Waals surface area contributed by atoms with E-state index in [2.05, 4.69) is 27.1 Å². The van der Waals surface area contributed by atoms with Gasteiger partial charge in [0.15, 0.2) is 0 Å². The van der Waals surface area contributed by atoms with Crippen molar-refractivity contribution in [2.75, 3.05) is 0 Å². The van der Waals surface area contributed by atoms with E-state index in [1.165, 1.54) is 11.3 Å². The van der Waals surface area contributed by atoms with Crippen molar-refractivity contribution in [3.8, 4) is 0 Å². The van der Waals surface area contributed by atoms with Crippen LogP contribution in [0.4, 0.5) is 0 Å². The number of halogens is 1. The van der Waals surface area contributed by atoms with E-state index in [0.29, 0.717) is 4.21 Å². The van der Waals surface area contributed by atoms with Gasteiger partial charge in [0, 0.05) is 11.2 Å². The van der Waals surface area contributed by atoms with Crippen LogP contribution in [0.3, 0.4) is 0 Å². The highest BCUT2D eigenvalue weighted by molar-refractivity contribution is 9.11. The second kappa shape index (κ2) is 3.10. The Balaban J connectivity index is 3.29. The van der Waals surface area contributed by atoms with Gasteiger partial charge in [-0.1, -0.05) is 0 Å². The van der Waals surface area contributed by atoms with Gasteiger partial charge in [0.1, 0.15) is 12.9 Å². The molecule has 1 atom stereocenters. The van der Waals surface area contributed by atoms with Crippen LogP contribution in [-0.2, 0) is 19.9 Å². The lowest BCUT2D eigenvalue weighted by atomic mass is 10.4. The molecular formula is C5H6BrNOS3. The van der Waals surface area contributed by atoms with E-state index in [9.17, 15) is 4.21 Å². The number of thiophene rings is 1. The summed E-state index contributed by atoms with van der Waals surface area (Å²) in [5, 5.41) is 5.27. The van der Waals surface area contributed by atoms with Crippen molar-refractivity contribution in [2.24, 2.45) is 5.14 Å². The summed E-state index contributed by atoms with van der Waals surface area (Å²) in [5.74, 6) is 0. The van der Waals surface area contributed by atoms with E-state index >= 15 is 0 Å². The summed E-state index contributed by atoms with van der Waals surface area (Å²) in [6, 6.07) is 1.75. The highest BCUT2D eigenvalue weighted by Gasteiger charge is 2.09. The molecule has 0 amide bonds. The predicted octanol–water partition coefficient (Wildman–Crippen LogP) is 1.80. The predicted molar refractivity (Wildman–Crippen MR) is 54.7 cm³/mol. The fraction of sp³-hybridized carbons (Fsp3) is 0.200. The lowest BCUT2D eigenvalue weighted by Crippen LogP contribution is -2.08. The second-order valence-electron chi connectivity index (χ2n) is 2.07. The zero-order chi connectivity index (χ0) is 8.65. The molecule has 2 nitrogen and oxygen atoms in total. The minimum Gasteiger partial charge on any atom is -0.246 e. The smallest absolute Gasteiger partial charge is 0.126 e. The van der Waals surface area contributed by atoms with Crippen molar-refractivity contribution >= 4 is 47.1 Å². The summed E-state index contributed by atoms with van der Waals surface area (Å²) < 4.78 is 12.6. The first kappa shape index (κ1) is 9.60. The molecule has 6 heteroatoms. The molecular weight excluding hydrogens is 266 g/mol. The number of hydrogen-bond donors (Lipinski definition) is 1. The molecule has 1 aromatic heterocycles. The van der Waals surface area contributed by atoms with Crippen LogP contribution in [0.25, 0.3) is 0 Å². The Labute approximate surface area is 82.7 Å². The Morgan fingerprint density at radius 1 is 1.82 bits per heavy atom. The van der Waals surface area contributed by atoms with Crippen molar-refractivity contribution in [3.63, 3.8) is 0 Å². The Kier molecular flexibility index (Phi) is 2.70. The largest absolute Gasteiger partial charge is 0.246 e. The zero-order valence-corrected chi connectivity index (χ0v) is 9.70. The first-order chi connectivity index (χ1) is 4.91. The van der Waals surface area contributed by atoms with Crippen molar-refractivity contribution in [3.05, 3.63) is 15.4 Å². The van der Waals surface area contributed by atoms with Gasteiger partial charge in [-0.15, -0.1) is 11.3 Å². The molecule has 1 aromatic rings. The zero-order valence-electron chi connectivity index (χ0n) is 5.67. The summed E-state index contributed by atoms with van der Waals surface area (Å²) in [6.45, 7) is 1.91. The van der Waals surface area contributed by atoms with Crippen LogP contribution in [0.2, 0.25) is 0 Å². The van der Waals surface area contributed by atoms with E-state index in [1.54, 1.807) is 6.07 Å². The molecule has 11 heavy (non-hydrogen) atoms. The number of nitrogens with two attached hydrogens (primary N) is 1. The van der Waals surface area contributed by atoms with Gasteiger partial charge < -0.3 is 0 Å². The third-order valence-corrected chi connectivity index (χ3v) is 5.57. The van der Waals surface area contributed by atoms with Crippen molar-refractivity contribution < 1.29 is 4.21 Å². The molecule has 1 heterocycles. The summed E-state index contributed by atoms with van der Waals surface area (Å²) in [5.41, 5.74) is 1.02. The fourth-order valence-corrected chi connectivity index (χ4v) is 3.67. The maximum absolute atomic E-state index is 11.1. The van der Waals surface area contributed by atoms with E-state index < -0.39 is 8.68 Å². The minimum absolute atomic E-state index is 0.567.